The third-order valence-corrected chi connectivity index (χ3v) is 5.24. The fraction of sp³-hybridized carbons (Fsp3) is 0.333. The Labute approximate surface area is 176 Å². The molecule has 3 atom stereocenters. The van der Waals surface area contributed by atoms with Gasteiger partial charge in [-0.25, -0.2) is 4.79 Å². The first-order chi connectivity index (χ1) is 14.4. The first-order valence-corrected chi connectivity index (χ1v) is 10.1. The van der Waals surface area contributed by atoms with Crippen molar-refractivity contribution in [2.24, 2.45) is 5.73 Å². The van der Waals surface area contributed by atoms with Crippen LogP contribution in [0.25, 0.3) is 0 Å². The predicted octanol–water partition coefficient (Wildman–Crippen LogP) is 2.47. The molecule has 0 spiro atoms. The lowest BCUT2D eigenvalue weighted by Crippen LogP contribution is -2.57. The molecule has 30 heavy (non-hydrogen) atoms. The largest absolute Gasteiger partial charge is 0.478 e. The molecule has 6 heteroatoms. The summed E-state index contributed by atoms with van der Waals surface area (Å²) in [6.45, 7) is 1.42. The fourth-order valence-electron chi connectivity index (χ4n) is 3.85. The number of hydrogen-bond donors (Lipinski definition) is 3. The normalized spacial score (nSPS) is 21.2. The van der Waals surface area contributed by atoms with Crippen LogP contribution in [-0.2, 0) is 27.2 Å². The van der Waals surface area contributed by atoms with Crippen LogP contribution in [0.15, 0.2) is 72.3 Å². The highest BCUT2D eigenvalue weighted by Crippen LogP contribution is 2.24. The standard InChI is InChI=1S/C24H28N2O4/c1-16(27)26-23-21(25)14-19(24(28)29)15-22(23)30-20(12-17-8-4-2-5-9-17)13-18-10-6-3-7-11-18/h2-11,15,20-23H,12-14,25H2,1H3,(H,26,27)(H,28,29)/t21-,22+,23+/m0/s1. The van der Waals surface area contributed by atoms with Gasteiger partial charge in [-0.1, -0.05) is 60.7 Å². The Morgan fingerprint density at radius 2 is 1.60 bits per heavy atom. The molecule has 0 fully saturated rings. The number of carboxylic acids is 1. The smallest absolute Gasteiger partial charge is 0.331 e. The van der Waals surface area contributed by atoms with Gasteiger partial charge in [0.2, 0.25) is 5.91 Å². The van der Waals surface area contributed by atoms with Crippen molar-refractivity contribution in [2.75, 3.05) is 0 Å². The maximum atomic E-state index is 11.7. The third kappa shape index (κ3) is 6.02. The number of benzene rings is 2. The van der Waals surface area contributed by atoms with E-state index in [1.165, 1.54) is 6.92 Å². The van der Waals surface area contributed by atoms with E-state index in [-0.39, 0.29) is 24.0 Å². The summed E-state index contributed by atoms with van der Waals surface area (Å²) in [6.07, 6.45) is 2.25. The second-order valence-electron chi connectivity index (χ2n) is 7.69. The molecule has 0 aromatic heterocycles. The molecular formula is C24H28N2O4. The molecule has 0 heterocycles. The lowest BCUT2D eigenvalue weighted by atomic mass is 9.88. The molecular weight excluding hydrogens is 380 g/mol. The second kappa shape index (κ2) is 10.2. The maximum absolute atomic E-state index is 11.7. The van der Waals surface area contributed by atoms with Gasteiger partial charge in [-0.05, 0) is 36.5 Å². The van der Waals surface area contributed by atoms with Crippen molar-refractivity contribution in [3.05, 3.63) is 83.4 Å². The Morgan fingerprint density at radius 3 is 2.07 bits per heavy atom. The van der Waals surface area contributed by atoms with Gasteiger partial charge >= 0.3 is 5.97 Å². The first kappa shape index (κ1) is 21.7. The van der Waals surface area contributed by atoms with Crippen molar-refractivity contribution >= 4 is 11.9 Å². The Kier molecular flexibility index (Phi) is 7.38. The minimum Gasteiger partial charge on any atom is -0.478 e. The van der Waals surface area contributed by atoms with Crippen LogP contribution in [0.3, 0.4) is 0 Å². The number of ether oxygens (including phenoxy) is 1. The number of nitrogens with one attached hydrogen (secondary N) is 1. The molecule has 0 radical (unpaired) electrons. The highest BCUT2D eigenvalue weighted by Gasteiger charge is 2.35. The van der Waals surface area contributed by atoms with Crippen LogP contribution in [0.5, 0.6) is 0 Å². The van der Waals surface area contributed by atoms with E-state index in [1.54, 1.807) is 6.08 Å². The van der Waals surface area contributed by atoms with Crippen molar-refractivity contribution in [1.29, 1.82) is 0 Å². The van der Waals surface area contributed by atoms with Gasteiger partial charge < -0.3 is 20.9 Å². The summed E-state index contributed by atoms with van der Waals surface area (Å²) >= 11 is 0. The summed E-state index contributed by atoms with van der Waals surface area (Å²) in [6, 6.07) is 19.0. The summed E-state index contributed by atoms with van der Waals surface area (Å²) < 4.78 is 6.43. The summed E-state index contributed by atoms with van der Waals surface area (Å²) in [5.74, 6) is -1.23. The summed E-state index contributed by atoms with van der Waals surface area (Å²) in [5, 5.41) is 12.3. The van der Waals surface area contributed by atoms with Crippen LogP contribution in [-0.4, -0.2) is 41.3 Å². The number of carbonyl (C=O) groups is 2. The highest BCUT2D eigenvalue weighted by atomic mass is 16.5. The average Bonchev–Trinajstić information content (AvgIpc) is 2.71. The van der Waals surface area contributed by atoms with Crippen LogP contribution in [0.1, 0.15) is 24.5 Å². The molecule has 0 unspecified atom stereocenters. The second-order valence-corrected chi connectivity index (χ2v) is 7.69. The molecule has 1 aliphatic carbocycles. The van der Waals surface area contributed by atoms with E-state index in [0.29, 0.717) is 12.8 Å². The summed E-state index contributed by atoms with van der Waals surface area (Å²) in [7, 11) is 0. The molecule has 158 valence electrons. The van der Waals surface area contributed by atoms with E-state index < -0.39 is 24.2 Å². The number of carbonyl (C=O) groups excluding carboxylic acids is 1. The Balaban J connectivity index is 1.87. The fourth-order valence-corrected chi connectivity index (χ4v) is 3.85. The lowest BCUT2D eigenvalue weighted by molar-refractivity contribution is -0.133. The van der Waals surface area contributed by atoms with Gasteiger partial charge in [0.15, 0.2) is 0 Å². The van der Waals surface area contributed by atoms with Gasteiger partial charge in [0.25, 0.3) is 0 Å². The number of carboxylic acid groups (broad SMARTS) is 1. The van der Waals surface area contributed by atoms with Gasteiger partial charge in [-0.3, -0.25) is 4.79 Å². The van der Waals surface area contributed by atoms with Gasteiger partial charge in [0, 0.05) is 18.5 Å². The quantitative estimate of drug-likeness (QED) is 0.623. The van der Waals surface area contributed by atoms with Crippen molar-refractivity contribution in [2.45, 2.75) is 50.5 Å². The molecule has 3 rings (SSSR count). The SMILES string of the molecule is CC(=O)N[C@@H]1[C@@H](N)CC(C(=O)O)=C[C@H]1OC(Cc1ccccc1)Cc1ccccc1. The number of hydrogen-bond acceptors (Lipinski definition) is 4. The monoisotopic (exact) mass is 408 g/mol. The van der Waals surface area contributed by atoms with Gasteiger partial charge in [-0.15, -0.1) is 0 Å². The van der Waals surface area contributed by atoms with Gasteiger partial charge in [0.1, 0.15) is 0 Å². The molecule has 1 amide bonds. The molecule has 0 saturated carbocycles. The summed E-state index contributed by atoms with van der Waals surface area (Å²) in [4.78, 5) is 23.3. The number of nitrogens with two attached hydrogens (primary N) is 1. The Morgan fingerprint density at radius 1 is 1.07 bits per heavy atom. The minimum absolute atomic E-state index is 0.183. The number of aliphatic carboxylic acids is 1. The molecule has 2 aromatic rings. The van der Waals surface area contributed by atoms with E-state index >= 15 is 0 Å². The van der Waals surface area contributed by atoms with E-state index in [0.717, 1.165) is 11.1 Å². The van der Waals surface area contributed by atoms with E-state index in [4.69, 9.17) is 10.5 Å². The minimum atomic E-state index is -1.01. The zero-order valence-corrected chi connectivity index (χ0v) is 17.0. The molecule has 0 aliphatic heterocycles. The lowest BCUT2D eigenvalue weighted by Gasteiger charge is -2.36. The Hall–Kier alpha value is -2.96. The highest BCUT2D eigenvalue weighted by molar-refractivity contribution is 5.87. The van der Waals surface area contributed by atoms with Crippen LogP contribution < -0.4 is 11.1 Å². The Bertz CT molecular complexity index is 841. The van der Waals surface area contributed by atoms with Crippen molar-refractivity contribution in [3.63, 3.8) is 0 Å². The van der Waals surface area contributed by atoms with Crippen LogP contribution in [0, 0.1) is 0 Å². The zero-order valence-electron chi connectivity index (χ0n) is 17.0. The van der Waals surface area contributed by atoms with Crippen LogP contribution >= 0.6 is 0 Å². The topological polar surface area (TPSA) is 102 Å². The summed E-state index contributed by atoms with van der Waals surface area (Å²) in [5.41, 5.74) is 8.69. The molecule has 1 aliphatic rings. The van der Waals surface area contributed by atoms with Crippen molar-refractivity contribution < 1.29 is 19.4 Å². The van der Waals surface area contributed by atoms with Crippen LogP contribution in [0.2, 0.25) is 0 Å². The molecule has 4 N–H and O–H groups in total. The van der Waals surface area contributed by atoms with Crippen molar-refractivity contribution in [3.8, 4) is 0 Å². The third-order valence-electron chi connectivity index (χ3n) is 5.24. The number of amides is 1. The molecule has 6 nitrogen and oxygen atoms in total. The predicted molar refractivity (Wildman–Crippen MR) is 115 cm³/mol. The van der Waals surface area contributed by atoms with E-state index in [2.05, 4.69) is 5.32 Å². The van der Waals surface area contributed by atoms with Gasteiger partial charge in [0.05, 0.1) is 18.2 Å². The van der Waals surface area contributed by atoms with Crippen LogP contribution in [0.4, 0.5) is 0 Å². The molecule has 0 bridgehead atoms. The number of rotatable bonds is 8. The van der Waals surface area contributed by atoms with E-state index in [9.17, 15) is 14.7 Å². The average molecular weight is 408 g/mol. The molecule has 2 aromatic carbocycles. The molecule has 0 saturated heterocycles. The first-order valence-electron chi connectivity index (χ1n) is 10.1. The van der Waals surface area contributed by atoms with E-state index in [1.807, 2.05) is 60.7 Å². The zero-order chi connectivity index (χ0) is 21.5. The maximum Gasteiger partial charge on any atom is 0.331 e. The van der Waals surface area contributed by atoms with Crippen molar-refractivity contribution in [1.82, 2.24) is 5.32 Å². The van der Waals surface area contributed by atoms with Gasteiger partial charge in [-0.2, -0.15) is 0 Å².